The minimum Gasteiger partial charge on any atom is -0.300 e. The van der Waals surface area contributed by atoms with Gasteiger partial charge in [0.15, 0.2) is 0 Å². The van der Waals surface area contributed by atoms with Crippen LogP contribution in [0.2, 0.25) is 0 Å². The van der Waals surface area contributed by atoms with E-state index in [0.29, 0.717) is 12.3 Å². The van der Waals surface area contributed by atoms with Crippen LogP contribution in [0.4, 0.5) is 13.2 Å². The van der Waals surface area contributed by atoms with Crippen molar-refractivity contribution >= 4 is 29.1 Å². The minimum atomic E-state index is -4.21. The Balaban J connectivity index is 3.77. The summed E-state index contributed by atoms with van der Waals surface area (Å²) in [5, 5.41) is 0. The Morgan fingerprint density at radius 3 is 2.36 bits per heavy atom. The van der Waals surface area contributed by atoms with Gasteiger partial charge in [0.1, 0.15) is 5.78 Å². The van der Waals surface area contributed by atoms with Gasteiger partial charge >= 0.3 is 5.51 Å². The standard InChI is InChI=1S/C8H12ClF3OS/c1-6(13)7(2-4-9)3-5-14-8(10,11)12/h7H,2-5H2,1H3. The maximum absolute atomic E-state index is 11.7. The first-order chi connectivity index (χ1) is 6.37. The molecule has 0 rings (SSSR count). The number of hydrogen-bond donors (Lipinski definition) is 0. The lowest BCUT2D eigenvalue weighted by Gasteiger charge is -2.12. The van der Waals surface area contributed by atoms with Crippen LogP contribution >= 0.6 is 23.4 Å². The van der Waals surface area contributed by atoms with E-state index in [4.69, 9.17) is 11.6 Å². The molecule has 0 N–H and O–H groups in total. The highest BCUT2D eigenvalue weighted by Crippen LogP contribution is 2.31. The summed E-state index contributed by atoms with van der Waals surface area (Å²) >= 11 is 5.34. The fraction of sp³-hybridized carbons (Fsp3) is 0.875. The fourth-order valence-electron chi connectivity index (χ4n) is 0.999. The van der Waals surface area contributed by atoms with E-state index in [2.05, 4.69) is 0 Å². The van der Waals surface area contributed by atoms with Gasteiger partial charge < -0.3 is 0 Å². The number of carbonyl (C=O) groups is 1. The lowest BCUT2D eigenvalue weighted by Crippen LogP contribution is -2.14. The molecule has 14 heavy (non-hydrogen) atoms. The quantitative estimate of drug-likeness (QED) is 0.670. The molecular formula is C8H12ClF3OS. The van der Waals surface area contributed by atoms with Crippen molar-refractivity contribution in [1.82, 2.24) is 0 Å². The summed E-state index contributed by atoms with van der Waals surface area (Å²) in [5.74, 6) is -0.193. The van der Waals surface area contributed by atoms with E-state index in [1.54, 1.807) is 0 Å². The lowest BCUT2D eigenvalue weighted by atomic mass is 9.99. The first kappa shape index (κ1) is 14.1. The van der Waals surface area contributed by atoms with E-state index in [0.717, 1.165) is 0 Å². The molecule has 0 aliphatic heterocycles. The summed E-state index contributed by atoms with van der Waals surface area (Å²) in [6.45, 7) is 1.38. The topological polar surface area (TPSA) is 17.1 Å². The van der Waals surface area contributed by atoms with Crippen LogP contribution in [0.15, 0.2) is 0 Å². The molecule has 1 atom stereocenters. The predicted molar refractivity (Wildman–Crippen MR) is 52.6 cm³/mol. The molecule has 0 saturated heterocycles. The van der Waals surface area contributed by atoms with Crippen molar-refractivity contribution in [2.45, 2.75) is 25.3 Å². The van der Waals surface area contributed by atoms with Crippen LogP contribution in [0.3, 0.4) is 0 Å². The third kappa shape index (κ3) is 7.50. The van der Waals surface area contributed by atoms with Crippen LogP contribution in [-0.4, -0.2) is 22.9 Å². The number of carbonyl (C=O) groups excluding carboxylic acids is 1. The third-order valence-corrected chi connectivity index (χ3v) is 2.75. The van der Waals surface area contributed by atoms with Crippen LogP contribution in [0.1, 0.15) is 19.8 Å². The Labute approximate surface area is 90.4 Å². The number of thioether (sulfide) groups is 1. The van der Waals surface area contributed by atoms with E-state index >= 15 is 0 Å². The van der Waals surface area contributed by atoms with Gasteiger partial charge in [-0.3, -0.25) is 4.79 Å². The molecule has 0 aliphatic carbocycles. The highest BCUT2D eigenvalue weighted by molar-refractivity contribution is 8.00. The average molecular weight is 249 g/mol. The molecule has 0 aromatic heterocycles. The van der Waals surface area contributed by atoms with Gasteiger partial charge in [0, 0.05) is 17.6 Å². The number of Topliss-reactive ketones (excluding diaryl/α,β-unsaturated/α-hetero) is 1. The summed E-state index contributed by atoms with van der Waals surface area (Å²) in [5.41, 5.74) is -4.21. The summed E-state index contributed by atoms with van der Waals surface area (Å²) in [4.78, 5) is 10.9. The Bertz CT molecular complexity index is 184. The van der Waals surface area contributed by atoms with Gasteiger partial charge in [0.05, 0.1) is 0 Å². The van der Waals surface area contributed by atoms with Gasteiger partial charge in [-0.15, -0.1) is 11.6 Å². The molecule has 0 fully saturated rings. The average Bonchev–Trinajstić information content (AvgIpc) is 2.00. The first-order valence-corrected chi connectivity index (χ1v) is 5.66. The highest BCUT2D eigenvalue weighted by atomic mass is 35.5. The van der Waals surface area contributed by atoms with E-state index in [9.17, 15) is 18.0 Å². The van der Waals surface area contributed by atoms with Crippen molar-refractivity contribution in [3.8, 4) is 0 Å². The van der Waals surface area contributed by atoms with Gasteiger partial charge in [-0.2, -0.15) is 13.2 Å². The Hall–Kier alpha value is 0.1000. The van der Waals surface area contributed by atoms with Gasteiger partial charge in [-0.05, 0) is 19.8 Å². The molecule has 0 spiro atoms. The number of hydrogen-bond acceptors (Lipinski definition) is 2. The molecular weight excluding hydrogens is 237 g/mol. The van der Waals surface area contributed by atoms with Gasteiger partial charge in [0.25, 0.3) is 0 Å². The van der Waals surface area contributed by atoms with Crippen molar-refractivity contribution in [3.63, 3.8) is 0 Å². The second-order valence-electron chi connectivity index (χ2n) is 2.87. The zero-order valence-electron chi connectivity index (χ0n) is 7.73. The largest absolute Gasteiger partial charge is 0.441 e. The molecule has 1 unspecified atom stereocenters. The third-order valence-electron chi connectivity index (χ3n) is 1.76. The lowest BCUT2D eigenvalue weighted by molar-refractivity contribution is -0.120. The molecule has 0 bridgehead atoms. The molecule has 84 valence electrons. The molecule has 0 radical (unpaired) electrons. The molecule has 0 saturated carbocycles. The van der Waals surface area contributed by atoms with Crippen molar-refractivity contribution < 1.29 is 18.0 Å². The SMILES string of the molecule is CC(=O)C(CCCl)CCSC(F)(F)F. The van der Waals surface area contributed by atoms with E-state index in [-0.39, 0.29) is 35.6 Å². The summed E-state index contributed by atoms with van der Waals surface area (Å²) in [7, 11) is 0. The van der Waals surface area contributed by atoms with Crippen molar-refractivity contribution in [2.75, 3.05) is 11.6 Å². The maximum atomic E-state index is 11.7. The second-order valence-corrected chi connectivity index (χ2v) is 4.41. The molecule has 0 heterocycles. The maximum Gasteiger partial charge on any atom is 0.441 e. The van der Waals surface area contributed by atoms with Crippen molar-refractivity contribution in [3.05, 3.63) is 0 Å². The highest BCUT2D eigenvalue weighted by Gasteiger charge is 2.28. The summed E-state index contributed by atoms with van der Waals surface area (Å²) in [6, 6.07) is 0. The Kier molecular flexibility index (Phi) is 6.61. The van der Waals surface area contributed by atoms with Crippen LogP contribution in [-0.2, 0) is 4.79 Å². The molecule has 0 amide bonds. The number of ketones is 1. The van der Waals surface area contributed by atoms with E-state index in [1.807, 2.05) is 0 Å². The second kappa shape index (κ2) is 6.56. The normalized spacial score (nSPS) is 14.1. The van der Waals surface area contributed by atoms with Gasteiger partial charge in [-0.1, -0.05) is 11.8 Å². The van der Waals surface area contributed by atoms with Crippen LogP contribution in [0, 0.1) is 5.92 Å². The molecule has 0 aromatic rings. The Morgan fingerprint density at radius 2 is 2.00 bits per heavy atom. The van der Waals surface area contributed by atoms with Crippen molar-refractivity contribution in [1.29, 1.82) is 0 Å². The van der Waals surface area contributed by atoms with Crippen LogP contribution in [0.5, 0.6) is 0 Å². The zero-order valence-corrected chi connectivity index (χ0v) is 9.31. The van der Waals surface area contributed by atoms with E-state index in [1.165, 1.54) is 6.92 Å². The summed E-state index contributed by atoms with van der Waals surface area (Å²) < 4.78 is 35.2. The fourth-order valence-corrected chi connectivity index (χ4v) is 1.90. The smallest absolute Gasteiger partial charge is 0.300 e. The van der Waals surface area contributed by atoms with Crippen LogP contribution in [0.25, 0.3) is 0 Å². The predicted octanol–water partition coefficient (Wildman–Crippen LogP) is 3.46. The number of halogens is 4. The Morgan fingerprint density at radius 1 is 1.43 bits per heavy atom. The molecule has 1 nitrogen and oxygen atoms in total. The zero-order chi connectivity index (χ0) is 11.2. The monoisotopic (exact) mass is 248 g/mol. The van der Waals surface area contributed by atoms with Crippen molar-refractivity contribution in [2.24, 2.45) is 5.92 Å². The molecule has 0 aromatic carbocycles. The first-order valence-electron chi connectivity index (χ1n) is 4.14. The van der Waals surface area contributed by atoms with Crippen LogP contribution < -0.4 is 0 Å². The van der Waals surface area contributed by atoms with Gasteiger partial charge in [0.2, 0.25) is 0 Å². The molecule has 6 heteroatoms. The molecule has 0 aliphatic rings. The summed E-state index contributed by atoms with van der Waals surface area (Å²) in [6.07, 6.45) is 0.696. The number of rotatable bonds is 6. The van der Waals surface area contributed by atoms with E-state index < -0.39 is 5.51 Å². The minimum absolute atomic E-state index is 0.0787. The number of alkyl halides is 4. The van der Waals surface area contributed by atoms with Gasteiger partial charge in [-0.25, -0.2) is 0 Å².